The first-order valence-electron chi connectivity index (χ1n) is 18.4. The Morgan fingerprint density at radius 1 is 0.241 bits per heavy atom. The maximum absolute atomic E-state index is 6.49. The Kier molecular flexibility index (Phi) is 6.90. The van der Waals surface area contributed by atoms with Crippen molar-refractivity contribution >= 4 is 76.2 Å². The van der Waals surface area contributed by atoms with E-state index < -0.39 is 0 Å². The molecule has 252 valence electrons. The van der Waals surface area contributed by atoms with Gasteiger partial charge in [-0.15, -0.1) is 0 Å². The third kappa shape index (κ3) is 4.81. The number of furan rings is 2. The second-order valence-electron chi connectivity index (χ2n) is 14.0. The molecule has 0 fully saturated rings. The van der Waals surface area contributed by atoms with Crippen LogP contribution in [0, 0.1) is 0 Å². The predicted octanol–water partition coefficient (Wildman–Crippen LogP) is 15.1. The molecule has 2 heterocycles. The highest BCUT2D eigenvalue weighted by Gasteiger charge is 2.17. The summed E-state index contributed by atoms with van der Waals surface area (Å²) in [5.74, 6) is 0. The number of benzene rings is 8. The zero-order valence-corrected chi connectivity index (χ0v) is 29.3. The van der Waals surface area contributed by atoms with Gasteiger partial charge in [-0.3, -0.25) is 0 Å². The van der Waals surface area contributed by atoms with E-state index >= 15 is 0 Å². The molecule has 0 spiro atoms. The maximum atomic E-state index is 6.49. The molecule has 11 aromatic rings. The molecule has 0 unspecified atom stereocenters. The lowest BCUT2D eigenvalue weighted by Crippen LogP contribution is -1.90. The third-order valence-corrected chi connectivity index (χ3v) is 10.9. The van der Waals surface area contributed by atoms with E-state index in [1.54, 1.807) is 0 Å². The van der Waals surface area contributed by atoms with E-state index in [0.29, 0.717) is 0 Å². The van der Waals surface area contributed by atoms with Gasteiger partial charge >= 0.3 is 0 Å². The Labute approximate surface area is 311 Å². The Morgan fingerprint density at radius 2 is 0.741 bits per heavy atom. The maximum Gasteiger partial charge on any atom is 0.143 e. The van der Waals surface area contributed by atoms with E-state index in [1.165, 1.54) is 38.2 Å². The lowest BCUT2D eigenvalue weighted by Gasteiger charge is -2.17. The van der Waals surface area contributed by atoms with Gasteiger partial charge < -0.3 is 8.83 Å². The number of rotatable bonds is 3. The largest absolute Gasteiger partial charge is 0.456 e. The van der Waals surface area contributed by atoms with Crippen LogP contribution in [0.2, 0.25) is 0 Å². The zero-order chi connectivity index (χ0) is 35.6. The minimum Gasteiger partial charge on any atom is -0.456 e. The van der Waals surface area contributed by atoms with E-state index in [0.717, 1.165) is 71.3 Å². The lowest BCUT2D eigenvalue weighted by molar-refractivity contribution is 0.667. The van der Waals surface area contributed by atoms with Gasteiger partial charge in [-0.2, -0.15) is 0 Å². The van der Waals surface area contributed by atoms with Crippen molar-refractivity contribution in [1.82, 2.24) is 0 Å². The highest BCUT2D eigenvalue weighted by molar-refractivity contribution is 6.22. The molecule has 9 aromatic carbocycles. The highest BCUT2D eigenvalue weighted by Crippen LogP contribution is 2.44. The first-order valence-corrected chi connectivity index (χ1v) is 18.4. The standard InChI is InChI=1S/C52H32O2/c1-2-5-17-35(51-41-21-10-8-19-39(41)50(34-15-6-3-7-16-34)40-20-9-11-22-42(40)51)25-24-33(14-4-1)36-27-29-48-45(30-36)46-31-37-26-28-43-38-18-12-13-23-47(38)54-52(43)44(37)32-49(46)53-48/h1-32H. The Balaban J connectivity index is 1.09. The van der Waals surface area contributed by atoms with Gasteiger partial charge in [-0.25, -0.2) is 0 Å². The molecule has 2 nitrogen and oxygen atoms in total. The molecule has 2 heteroatoms. The van der Waals surface area contributed by atoms with Crippen LogP contribution in [0.5, 0.6) is 0 Å². The van der Waals surface area contributed by atoms with Gasteiger partial charge in [0.25, 0.3) is 0 Å². The molecule has 0 saturated heterocycles. The summed E-state index contributed by atoms with van der Waals surface area (Å²) in [6.45, 7) is 0. The first kappa shape index (κ1) is 30.5. The molecule has 0 amide bonds. The van der Waals surface area contributed by atoms with Gasteiger partial charge in [-0.1, -0.05) is 158 Å². The number of hydrogen-bond donors (Lipinski definition) is 0. The van der Waals surface area contributed by atoms with Gasteiger partial charge in [0.05, 0.1) is 0 Å². The van der Waals surface area contributed by atoms with Crippen molar-refractivity contribution in [1.29, 1.82) is 0 Å². The zero-order valence-electron chi connectivity index (χ0n) is 29.3. The summed E-state index contributed by atoms with van der Waals surface area (Å²) in [7, 11) is 0. The summed E-state index contributed by atoms with van der Waals surface area (Å²) >= 11 is 0. The first-order chi connectivity index (χ1) is 26.8. The highest BCUT2D eigenvalue weighted by atomic mass is 16.3. The summed E-state index contributed by atoms with van der Waals surface area (Å²) in [6.07, 6.45) is 0. The Bertz CT molecular complexity index is 3270. The topological polar surface area (TPSA) is 26.3 Å². The number of para-hydroxylation sites is 1. The van der Waals surface area contributed by atoms with Crippen LogP contribution in [0.1, 0.15) is 0 Å². The van der Waals surface area contributed by atoms with Gasteiger partial charge in [-0.05, 0) is 96.7 Å². The summed E-state index contributed by atoms with van der Waals surface area (Å²) < 4.78 is 12.9. The SMILES string of the molecule is c1cccc(-c2c3ccccc3c(-c3ccccc3)c3ccccc23)ccc(-c2ccc3oc4cc5c(ccc6c7ccccc7oc56)cc4c3c2)cc1. The number of fused-ring (bicyclic) bond motifs is 10. The minimum atomic E-state index is 0.853. The van der Waals surface area contributed by atoms with Crippen molar-refractivity contribution in [2.45, 2.75) is 0 Å². The van der Waals surface area contributed by atoms with Crippen LogP contribution in [0.25, 0.3) is 110 Å². The smallest absolute Gasteiger partial charge is 0.143 e. The van der Waals surface area contributed by atoms with E-state index in [-0.39, 0.29) is 0 Å². The van der Waals surface area contributed by atoms with Crippen molar-refractivity contribution < 1.29 is 8.83 Å². The normalized spacial score (nSPS) is 11.7. The fraction of sp³-hybridized carbons (Fsp3) is 0. The van der Waals surface area contributed by atoms with Crippen molar-refractivity contribution in [3.63, 3.8) is 0 Å². The molecule has 54 heavy (non-hydrogen) atoms. The quantitative estimate of drug-likeness (QED) is 0.173. The fourth-order valence-electron chi connectivity index (χ4n) is 8.41. The molecule has 0 aliphatic heterocycles. The molecule has 2 aromatic heterocycles. The average Bonchev–Trinajstić information content (AvgIpc) is 3.79. The molecule has 0 radical (unpaired) electrons. The molecule has 0 N–H and O–H groups in total. The van der Waals surface area contributed by atoms with Crippen LogP contribution >= 0.6 is 0 Å². The van der Waals surface area contributed by atoms with Crippen molar-refractivity contribution in [2.24, 2.45) is 0 Å². The molecule has 0 atom stereocenters. The van der Waals surface area contributed by atoms with Crippen LogP contribution in [0.15, 0.2) is 203 Å². The van der Waals surface area contributed by atoms with E-state index in [2.05, 4.69) is 182 Å². The van der Waals surface area contributed by atoms with Crippen LogP contribution in [-0.4, -0.2) is 0 Å². The van der Waals surface area contributed by atoms with E-state index in [1.807, 2.05) is 12.1 Å². The van der Waals surface area contributed by atoms with Crippen LogP contribution in [0.4, 0.5) is 0 Å². The molecule has 11 rings (SSSR count). The van der Waals surface area contributed by atoms with Crippen molar-refractivity contribution in [3.05, 3.63) is 194 Å². The summed E-state index contributed by atoms with van der Waals surface area (Å²) in [6, 6.07) is 69.3. The van der Waals surface area contributed by atoms with Gasteiger partial charge in [0.1, 0.15) is 22.3 Å². The minimum absolute atomic E-state index is 0.853. The second kappa shape index (κ2) is 12.2. The Morgan fingerprint density at radius 3 is 1.43 bits per heavy atom. The van der Waals surface area contributed by atoms with Crippen molar-refractivity contribution in [3.8, 4) is 33.4 Å². The molecular formula is C52H32O2. The monoisotopic (exact) mass is 688 g/mol. The summed E-state index contributed by atoms with van der Waals surface area (Å²) in [4.78, 5) is 0. The summed E-state index contributed by atoms with van der Waals surface area (Å²) in [5.41, 5.74) is 10.6. The van der Waals surface area contributed by atoms with Crippen LogP contribution < -0.4 is 0 Å². The van der Waals surface area contributed by atoms with E-state index in [4.69, 9.17) is 8.83 Å². The van der Waals surface area contributed by atoms with E-state index in [9.17, 15) is 0 Å². The second-order valence-corrected chi connectivity index (χ2v) is 14.0. The van der Waals surface area contributed by atoms with Crippen molar-refractivity contribution in [2.75, 3.05) is 0 Å². The molecule has 0 aliphatic rings. The summed E-state index contributed by atoms with van der Waals surface area (Å²) in [5, 5.41) is 11.6. The predicted molar refractivity (Wildman–Crippen MR) is 227 cm³/mol. The van der Waals surface area contributed by atoms with Gasteiger partial charge in [0.2, 0.25) is 0 Å². The van der Waals surface area contributed by atoms with Crippen LogP contribution in [0.3, 0.4) is 0 Å². The van der Waals surface area contributed by atoms with Crippen LogP contribution in [-0.2, 0) is 0 Å². The van der Waals surface area contributed by atoms with Gasteiger partial charge in [0.15, 0.2) is 0 Å². The molecule has 0 saturated carbocycles. The van der Waals surface area contributed by atoms with Gasteiger partial charge in [0, 0.05) is 26.9 Å². The fourth-order valence-corrected chi connectivity index (χ4v) is 8.41. The number of hydrogen-bond acceptors (Lipinski definition) is 2. The molecule has 0 bridgehead atoms. The third-order valence-electron chi connectivity index (χ3n) is 10.9. The average molecular weight is 689 g/mol. The Hall–Kier alpha value is -7.16. The molecule has 0 aliphatic carbocycles. The molecular weight excluding hydrogens is 657 g/mol. The lowest BCUT2D eigenvalue weighted by atomic mass is 9.86.